The van der Waals surface area contributed by atoms with Crippen molar-refractivity contribution in [2.75, 3.05) is 11.9 Å². The molecule has 0 spiro atoms. The van der Waals surface area contributed by atoms with Crippen LogP contribution in [-0.4, -0.2) is 18.9 Å². The lowest BCUT2D eigenvalue weighted by Crippen LogP contribution is -2.30. The first-order valence-corrected chi connectivity index (χ1v) is 6.50. The molecule has 0 aliphatic rings. The van der Waals surface area contributed by atoms with Crippen LogP contribution in [0.15, 0.2) is 24.3 Å². The van der Waals surface area contributed by atoms with Gasteiger partial charge in [-0.25, -0.2) is 0 Å². The Morgan fingerprint density at radius 2 is 1.65 bits per heavy atom. The van der Waals surface area contributed by atoms with E-state index in [9.17, 15) is 4.79 Å². The molecule has 1 aromatic rings. The van der Waals surface area contributed by atoms with Gasteiger partial charge in [-0.05, 0) is 37.1 Å². The van der Waals surface area contributed by atoms with E-state index in [0.717, 1.165) is 18.4 Å². The summed E-state index contributed by atoms with van der Waals surface area (Å²) in [6, 6.07) is 8.52. The van der Waals surface area contributed by atoms with E-state index in [1.165, 1.54) is 5.69 Å². The largest absolute Gasteiger partial charge is 0.372 e. The molecule has 0 fully saturated rings. The monoisotopic (exact) mass is 233 g/mol. The molecule has 0 saturated carbocycles. The number of carbonyl (C=O) groups excluding carboxylic acids is 1. The van der Waals surface area contributed by atoms with Gasteiger partial charge in [-0.1, -0.05) is 20.8 Å². The minimum Gasteiger partial charge on any atom is -0.372 e. The van der Waals surface area contributed by atoms with E-state index in [4.69, 9.17) is 0 Å². The van der Waals surface area contributed by atoms with Crippen LogP contribution in [0.25, 0.3) is 0 Å². The van der Waals surface area contributed by atoms with Crippen molar-refractivity contribution in [3.63, 3.8) is 0 Å². The lowest BCUT2D eigenvalue weighted by molar-refractivity contribution is 0.0988. The van der Waals surface area contributed by atoms with Gasteiger partial charge in [-0.2, -0.15) is 0 Å². The highest BCUT2D eigenvalue weighted by Gasteiger charge is 2.11. The Bertz CT molecular complexity index is 352. The first-order chi connectivity index (χ1) is 8.13. The van der Waals surface area contributed by atoms with Gasteiger partial charge in [0.15, 0.2) is 5.78 Å². The number of ketones is 1. The molecule has 0 aromatic heterocycles. The first-order valence-electron chi connectivity index (χ1n) is 6.50. The molecule has 17 heavy (non-hydrogen) atoms. The lowest BCUT2D eigenvalue weighted by atomic mass is 10.1. The van der Waals surface area contributed by atoms with Crippen molar-refractivity contribution >= 4 is 11.5 Å². The van der Waals surface area contributed by atoms with E-state index in [-0.39, 0.29) is 5.78 Å². The van der Waals surface area contributed by atoms with Crippen LogP contribution in [0.3, 0.4) is 0 Å². The Kier molecular flexibility index (Phi) is 5.20. The zero-order valence-electron chi connectivity index (χ0n) is 11.4. The highest BCUT2D eigenvalue weighted by atomic mass is 16.1. The summed E-state index contributed by atoms with van der Waals surface area (Å²) < 4.78 is 0. The smallest absolute Gasteiger partial charge is 0.162 e. The van der Waals surface area contributed by atoms with Gasteiger partial charge < -0.3 is 4.90 Å². The zero-order chi connectivity index (χ0) is 12.8. The molecule has 1 rings (SSSR count). The molecule has 2 nitrogen and oxygen atoms in total. The topological polar surface area (TPSA) is 20.3 Å². The number of nitrogens with zero attached hydrogens (tertiary/aromatic N) is 1. The molecular formula is C15H23NO. The van der Waals surface area contributed by atoms with Gasteiger partial charge in [0.25, 0.3) is 0 Å². The lowest BCUT2D eigenvalue weighted by Gasteiger charge is -2.28. The molecule has 0 amide bonds. The van der Waals surface area contributed by atoms with Gasteiger partial charge in [0.2, 0.25) is 0 Å². The number of hydrogen-bond acceptors (Lipinski definition) is 2. The Morgan fingerprint density at radius 1 is 1.12 bits per heavy atom. The van der Waals surface area contributed by atoms with E-state index in [1.54, 1.807) is 0 Å². The van der Waals surface area contributed by atoms with Crippen LogP contribution < -0.4 is 4.90 Å². The van der Waals surface area contributed by atoms with Crippen molar-refractivity contribution in [2.24, 2.45) is 0 Å². The molecule has 0 bridgehead atoms. The molecule has 1 aromatic carbocycles. The van der Waals surface area contributed by atoms with Gasteiger partial charge in [-0.15, -0.1) is 0 Å². The van der Waals surface area contributed by atoms with Gasteiger partial charge >= 0.3 is 0 Å². The molecule has 0 unspecified atom stereocenters. The third kappa shape index (κ3) is 3.32. The molecule has 94 valence electrons. The van der Waals surface area contributed by atoms with Crippen molar-refractivity contribution in [1.29, 1.82) is 0 Å². The van der Waals surface area contributed by atoms with Crippen LogP contribution in [0.4, 0.5) is 5.69 Å². The zero-order valence-corrected chi connectivity index (χ0v) is 11.4. The molecular weight excluding hydrogens is 210 g/mol. The first kappa shape index (κ1) is 13.8. The quantitative estimate of drug-likeness (QED) is 0.694. The summed E-state index contributed by atoms with van der Waals surface area (Å²) in [5, 5.41) is 0. The van der Waals surface area contributed by atoms with Gasteiger partial charge in [0.1, 0.15) is 0 Å². The molecule has 2 heteroatoms. The number of hydrogen-bond donors (Lipinski definition) is 0. The van der Waals surface area contributed by atoms with Crippen molar-refractivity contribution in [1.82, 2.24) is 0 Å². The fourth-order valence-corrected chi connectivity index (χ4v) is 2.13. The maximum Gasteiger partial charge on any atom is 0.162 e. The fraction of sp³-hybridized carbons (Fsp3) is 0.533. The van der Waals surface area contributed by atoms with Crippen LogP contribution in [0.1, 0.15) is 50.4 Å². The van der Waals surface area contributed by atoms with Crippen LogP contribution in [0.2, 0.25) is 0 Å². The predicted molar refractivity (Wildman–Crippen MR) is 73.8 cm³/mol. The summed E-state index contributed by atoms with van der Waals surface area (Å²) in [5.41, 5.74) is 2.00. The Morgan fingerprint density at radius 3 is 2.06 bits per heavy atom. The minimum absolute atomic E-state index is 0.210. The minimum atomic E-state index is 0.210. The number of benzene rings is 1. The van der Waals surface area contributed by atoms with Gasteiger partial charge in [-0.3, -0.25) is 4.79 Å². The maximum atomic E-state index is 11.5. The highest BCUT2D eigenvalue weighted by Crippen LogP contribution is 2.19. The van der Waals surface area contributed by atoms with E-state index < -0.39 is 0 Å². The van der Waals surface area contributed by atoms with Crippen LogP contribution in [0.5, 0.6) is 0 Å². The van der Waals surface area contributed by atoms with E-state index >= 15 is 0 Å². The summed E-state index contributed by atoms with van der Waals surface area (Å²) >= 11 is 0. The van der Waals surface area contributed by atoms with E-state index in [0.29, 0.717) is 12.5 Å². The molecule has 0 aliphatic carbocycles. The SMILES string of the molecule is CCC(=O)c1ccc(N(C)C(CC)CC)cc1. The molecule has 0 saturated heterocycles. The number of Topliss-reactive ketones (excluding diaryl/α,β-unsaturated/α-hetero) is 1. The third-order valence-electron chi connectivity index (χ3n) is 3.41. The summed E-state index contributed by atoms with van der Waals surface area (Å²) in [6.45, 7) is 6.31. The Balaban J connectivity index is 2.83. The highest BCUT2D eigenvalue weighted by molar-refractivity contribution is 5.96. The molecule has 0 radical (unpaired) electrons. The van der Waals surface area contributed by atoms with Crippen molar-refractivity contribution in [3.8, 4) is 0 Å². The van der Waals surface area contributed by atoms with Crippen LogP contribution in [-0.2, 0) is 0 Å². The number of carbonyl (C=O) groups is 1. The second-order valence-electron chi connectivity index (χ2n) is 4.40. The second kappa shape index (κ2) is 6.43. The van der Waals surface area contributed by atoms with Crippen LogP contribution >= 0.6 is 0 Å². The standard InChI is InChI=1S/C15H23NO/c1-5-13(6-2)16(4)14-10-8-12(9-11-14)15(17)7-3/h8-11,13H,5-7H2,1-4H3. The second-order valence-corrected chi connectivity index (χ2v) is 4.40. The normalized spacial score (nSPS) is 10.6. The summed E-state index contributed by atoms with van der Waals surface area (Å²) in [4.78, 5) is 13.8. The molecule has 0 atom stereocenters. The maximum absolute atomic E-state index is 11.5. The molecule has 0 heterocycles. The Hall–Kier alpha value is -1.31. The van der Waals surface area contributed by atoms with Gasteiger partial charge in [0.05, 0.1) is 0 Å². The predicted octanol–water partition coefficient (Wildman–Crippen LogP) is 3.90. The van der Waals surface area contributed by atoms with E-state index in [2.05, 4.69) is 25.8 Å². The van der Waals surface area contributed by atoms with Crippen LogP contribution in [0, 0.1) is 0 Å². The number of rotatable bonds is 6. The van der Waals surface area contributed by atoms with Crippen molar-refractivity contribution < 1.29 is 4.79 Å². The van der Waals surface area contributed by atoms with Gasteiger partial charge in [0, 0.05) is 30.8 Å². The summed E-state index contributed by atoms with van der Waals surface area (Å²) in [7, 11) is 2.12. The third-order valence-corrected chi connectivity index (χ3v) is 3.41. The average Bonchev–Trinajstić information content (AvgIpc) is 2.39. The Labute approximate surface area is 105 Å². The molecule has 0 N–H and O–H groups in total. The number of anilines is 1. The summed E-state index contributed by atoms with van der Waals surface area (Å²) in [6.07, 6.45) is 2.85. The van der Waals surface area contributed by atoms with Crippen molar-refractivity contribution in [3.05, 3.63) is 29.8 Å². The molecule has 0 aliphatic heterocycles. The van der Waals surface area contributed by atoms with E-state index in [1.807, 2.05) is 31.2 Å². The van der Waals surface area contributed by atoms with Crippen molar-refractivity contribution in [2.45, 2.75) is 46.1 Å². The average molecular weight is 233 g/mol. The summed E-state index contributed by atoms with van der Waals surface area (Å²) in [5.74, 6) is 0.210. The fourth-order valence-electron chi connectivity index (χ4n) is 2.13.